The van der Waals surface area contributed by atoms with E-state index in [2.05, 4.69) is 34.3 Å². The molecule has 0 unspecified atom stereocenters. The molecule has 4 aromatic rings. The fraction of sp³-hybridized carbons (Fsp3) is 0.345. The average Bonchev–Trinajstić information content (AvgIpc) is 3.24. The zero-order valence-corrected chi connectivity index (χ0v) is 23.4. The van der Waals surface area contributed by atoms with E-state index in [4.69, 9.17) is 4.98 Å². The van der Waals surface area contributed by atoms with Gasteiger partial charge in [-0.2, -0.15) is 0 Å². The Morgan fingerprint density at radius 2 is 2.03 bits per heavy atom. The quantitative estimate of drug-likeness (QED) is 0.289. The van der Waals surface area contributed by atoms with Gasteiger partial charge in [-0.3, -0.25) is 14.5 Å². The van der Waals surface area contributed by atoms with Crippen molar-refractivity contribution in [2.45, 2.75) is 52.1 Å². The van der Waals surface area contributed by atoms with Gasteiger partial charge in [-0.15, -0.1) is 11.3 Å². The number of rotatable bonds is 7. The summed E-state index contributed by atoms with van der Waals surface area (Å²) in [5, 5.41) is 6.89. The van der Waals surface area contributed by atoms with Gasteiger partial charge >= 0.3 is 0 Å². The molecule has 1 aromatic carbocycles. The van der Waals surface area contributed by atoms with Crippen molar-refractivity contribution in [1.29, 1.82) is 0 Å². The van der Waals surface area contributed by atoms with Gasteiger partial charge in [0.1, 0.15) is 16.6 Å². The predicted molar refractivity (Wildman–Crippen MR) is 155 cm³/mol. The Morgan fingerprint density at radius 1 is 1.15 bits per heavy atom. The highest BCUT2D eigenvalue weighted by Crippen LogP contribution is 2.44. The first kappa shape index (κ1) is 24.4. The van der Waals surface area contributed by atoms with Crippen molar-refractivity contribution in [3.8, 4) is 21.0 Å². The summed E-state index contributed by atoms with van der Waals surface area (Å²) in [5.41, 5.74) is 4.70. The Labute approximate surface area is 234 Å². The van der Waals surface area contributed by atoms with E-state index >= 15 is 0 Å². The highest BCUT2D eigenvalue weighted by Gasteiger charge is 2.40. The number of pyridine rings is 1. The van der Waals surface area contributed by atoms with Crippen LogP contribution in [0.25, 0.3) is 21.0 Å². The van der Waals surface area contributed by atoms with E-state index in [0.29, 0.717) is 37.1 Å². The highest BCUT2D eigenvalue weighted by atomic mass is 32.1. The smallest absolute Gasteiger partial charge is 0.255 e. The van der Waals surface area contributed by atoms with Crippen LogP contribution in [0.4, 0.5) is 16.8 Å². The van der Waals surface area contributed by atoms with Crippen LogP contribution < -0.4 is 10.2 Å². The molecule has 0 radical (unpaired) electrons. The summed E-state index contributed by atoms with van der Waals surface area (Å²) < 4.78 is 0. The van der Waals surface area contributed by atoms with E-state index in [1.807, 2.05) is 35.4 Å². The number of amides is 2. The maximum Gasteiger partial charge on any atom is 0.255 e. The molecule has 2 amide bonds. The number of aromatic nitrogens is 3. The van der Waals surface area contributed by atoms with Gasteiger partial charge in [-0.05, 0) is 74.4 Å². The topological polar surface area (TPSA) is 91.3 Å². The molecule has 10 heteroatoms. The molecule has 1 N–H and O–H groups in total. The van der Waals surface area contributed by atoms with Crippen molar-refractivity contribution < 1.29 is 9.59 Å². The number of aryl methyl sites for hydroxylation is 1. The summed E-state index contributed by atoms with van der Waals surface area (Å²) >= 11 is 3.12. The molecule has 1 saturated heterocycles. The summed E-state index contributed by atoms with van der Waals surface area (Å²) in [4.78, 5) is 44.6. The van der Waals surface area contributed by atoms with Gasteiger partial charge < -0.3 is 10.2 Å². The first-order valence-corrected chi connectivity index (χ1v) is 15.1. The molecule has 2 aliphatic heterocycles. The normalized spacial score (nSPS) is 17.7. The summed E-state index contributed by atoms with van der Waals surface area (Å²) in [6.45, 7) is 5.52. The average molecular weight is 557 g/mol. The van der Waals surface area contributed by atoms with Crippen LogP contribution in [-0.2, 0) is 11.3 Å². The molecule has 3 aromatic heterocycles. The molecule has 1 saturated carbocycles. The molecule has 5 heterocycles. The number of benzene rings is 1. The van der Waals surface area contributed by atoms with E-state index in [9.17, 15) is 9.59 Å². The van der Waals surface area contributed by atoms with Crippen LogP contribution in [0.15, 0.2) is 41.9 Å². The van der Waals surface area contributed by atoms with Crippen molar-refractivity contribution in [1.82, 2.24) is 19.9 Å². The maximum absolute atomic E-state index is 13.6. The third-order valence-electron chi connectivity index (χ3n) is 7.87. The Kier molecular flexibility index (Phi) is 5.97. The second-order valence-corrected chi connectivity index (χ2v) is 12.4. The molecule has 1 aliphatic carbocycles. The molecule has 8 nitrogen and oxygen atoms in total. The maximum atomic E-state index is 13.6. The minimum Gasteiger partial charge on any atom is -0.331 e. The summed E-state index contributed by atoms with van der Waals surface area (Å²) in [6.07, 6.45) is 5.63. The van der Waals surface area contributed by atoms with Gasteiger partial charge in [0.2, 0.25) is 5.91 Å². The van der Waals surface area contributed by atoms with Crippen molar-refractivity contribution in [3.05, 3.63) is 58.7 Å². The Bertz CT molecular complexity index is 1590. The van der Waals surface area contributed by atoms with Crippen molar-refractivity contribution in [3.63, 3.8) is 0 Å². The summed E-state index contributed by atoms with van der Waals surface area (Å²) in [6, 6.07) is 10.2. The van der Waals surface area contributed by atoms with Gasteiger partial charge in [0, 0.05) is 42.7 Å². The van der Waals surface area contributed by atoms with Gasteiger partial charge in [-0.25, -0.2) is 15.0 Å². The van der Waals surface area contributed by atoms with E-state index in [1.165, 1.54) is 12.8 Å². The van der Waals surface area contributed by atoms with Gasteiger partial charge in [0.25, 0.3) is 5.91 Å². The molecule has 1 atom stereocenters. The number of hydrogen-bond donors (Lipinski definition) is 1. The number of anilines is 3. The molecule has 198 valence electrons. The van der Waals surface area contributed by atoms with Crippen molar-refractivity contribution in [2.24, 2.45) is 5.92 Å². The SMILES string of the molecule is Cc1nc(Nc2cccc(N3CCCC3=O)n2)sc1-c1cc2c(c(-c3nccs3)c1)C(=O)N([C@@H](C)C1CC1)C2. The lowest BCUT2D eigenvalue weighted by Gasteiger charge is -2.24. The van der Waals surface area contributed by atoms with Gasteiger partial charge in [-0.1, -0.05) is 17.4 Å². The fourth-order valence-corrected chi connectivity index (χ4v) is 7.28. The Balaban J connectivity index is 1.22. The first-order chi connectivity index (χ1) is 19.0. The highest BCUT2D eigenvalue weighted by molar-refractivity contribution is 7.19. The third kappa shape index (κ3) is 4.41. The first-order valence-electron chi connectivity index (χ1n) is 13.4. The zero-order valence-electron chi connectivity index (χ0n) is 21.8. The Hall–Kier alpha value is -3.63. The number of carbonyl (C=O) groups excluding carboxylic acids is 2. The Morgan fingerprint density at radius 3 is 2.77 bits per heavy atom. The largest absolute Gasteiger partial charge is 0.331 e. The number of carbonyl (C=O) groups is 2. The van der Waals surface area contributed by atoms with E-state index in [1.54, 1.807) is 33.8 Å². The second-order valence-electron chi connectivity index (χ2n) is 10.5. The second kappa shape index (κ2) is 9.53. The monoisotopic (exact) mass is 556 g/mol. The molecule has 3 aliphatic rings. The molecule has 2 fully saturated rings. The number of nitrogens with one attached hydrogen (secondary N) is 1. The lowest BCUT2D eigenvalue weighted by Crippen LogP contribution is -2.34. The lowest BCUT2D eigenvalue weighted by atomic mass is 9.98. The van der Waals surface area contributed by atoms with Gasteiger partial charge in [0.15, 0.2) is 5.13 Å². The van der Waals surface area contributed by atoms with Crippen LogP contribution in [0.3, 0.4) is 0 Å². The number of hydrogen-bond acceptors (Lipinski definition) is 8. The van der Waals surface area contributed by atoms with Crippen LogP contribution in [0.5, 0.6) is 0 Å². The fourth-order valence-electron chi connectivity index (χ4n) is 5.66. The van der Waals surface area contributed by atoms with Crippen LogP contribution in [0.1, 0.15) is 54.2 Å². The predicted octanol–water partition coefficient (Wildman–Crippen LogP) is 6.26. The molecular weight excluding hydrogens is 528 g/mol. The van der Waals surface area contributed by atoms with Crippen molar-refractivity contribution >= 4 is 51.3 Å². The summed E-state index contributed by atoms with van der Waals surface area (Å²) in [7, 11) is 0. The van der Waals surface area contributed by atoms with E-state index in [0.717, 1.165) is 49.4 Å². The summed E-state index contributed by atoms with van der Waals surface area (Å²) in [5.74, 6) is 2.16. The minimum atomic E-state index is 0.114. The van der Waals surface area contributed by atoms with Crippen LogP contribution in [0, 0.1) is 12.8 Å². The standard InChI is InChI=1S/C29H28N6O2S2/c1-16-26(39-29(31-16)33-22-5-3-6-23(32-22)34-11-4-7-24(34)36)19-13-20-15-35(17(2)18-8-9-18)28(37)25(20)21(14-19)27-30-10-12-38-27/h3,5-6,10,12-14,17-18H,4,7-9,11,15H2,1-2H3,(H,31,32,33)/t17-/m0/s1. The van der Waals surface area contributed by atoms with Crippen LogP contribution in [0.2, 0.25) is 0 Å². The zero-order chi connectivity index (χ0) is 26.7. The number of thiazole rings is 2. The molecule has 0 bridgehead atoms. The lowest BCUT2D eigenvalue weighted by molar-refractivity contribution is -0.117. The van der Waals surface area contributed by atoms with E-state index < -0.39 is 0 Å². The minimum absolute atomic E-state index is 0.114. The third-order valence-corrected chi connectivity index (χ3v) is 9.80. The molecule has 39 heavy (non-hydrogen) atoms. The molecule has 0 spiro atoms. The van der Waals surface area contributed by atoms with Gasteiger partial charge in [0.05, 0.1) is 16.1 Å². The molecular formula is C29H28N6O2S2. The number of fused-ring (bicyclic) bond motifs is 1. The van der Waals surface area contributed by atoms with Crippen LogP contribution in [-0.4, -0.2) is 44.3 Å². The van der Waals surface area contributed by atoms with E-state index in [-0.39, 0.29) is 17.9 Å². The molecule has 7 rings (SSSR count). The number of nitrogens with zero attached hydrogens (tertiary/aromatic N) is 5. The van der Waals surface area contributed by atoms with Crippen LogP contribution >= 0.6 is 22.7 Å². The van der Waals surface area contributed by atoms with Crippen molar-refractivity contribution in [2.75, 3.05) is 16.8 Å².